The zero-order valence-electron chi connectivity index (χ0n) is 12.5. The van der Waals surface area contributed by atoms with Gasteiger partial charge in [-0.25, -0.2) is 0 Å². The van der Waals surface area contributed by atoms with E-state index in [9.17, 15) is 9.59 Å². The summed E-state index contributed by atoms with van der Waals surface area (Å²) in [6.07, 6.45) is 3.73. The van der Waals surface area contributed by atoms with Gasteiger partial charge in [0.2, 0.25) is 5.91 Å². The van der Waals surface area contributed by atoms with Crippen molar-refractivity contribution in [3.63, 3.8) is 0 Å². The van der Waals surface area contributed by atoms with E-state index in [1.165, 1.54) is 11.3 Å². The Hall–Kier alpha value is -2.19. The second kappa shape index (κ2) is 7.19. The van der Waals surface area contributed by atoms with Gasteiger partial charge in [0.25, 0.3) is 5.91 Å². The highest BCUT2D eigenvalue weighted by atomic mass is 32.1. The average molecular weight is 321 g/mol. The third kappa shape index (κ3) is 4.15. The molecule has 1 atom stereocenters. The number of nitrogens with two attached hydrogens (primary N) is 1. The zero-order chi connectivity index (χ0) is 16.1. The molecule has 0 aromatic carbocycles. The SMILES string of the molecule is Cc1cnn(CCN[C@H](C)C(=O)Nc2sccc2C(N)=O)c1. The summed E-state index contributed by atoms with van der Waals surface area (Å²) in [5.74, 6) is -0.757. The van der Waals surface area contributed by atoms with Crippen molar-refractivity contribution >= 4 is 28.2 Å². The fraction of sp³-hybridized carbons (Fsp3) is 0.357. The molecule has 118 valence electrons. The molecule has 0 aliphatic carbocycles. The first-order chi connectivity index (χ1) is 10.5. The Kier molecular flexibility index (Phi) is 5.29. The van der Waals surface area contributed by atoms with Crippen molar-refractivity contribution in [3.05, 3.63) is 35.0 Å². The fourth-order valence-corrected chi connectivity index (χ4v) is 2.69. The predicted octanol–water partition coefficient (Wildman–Crippen LogP) is 0.969. The van der Waals surface area contributed by atoms with Crippen LogP contribution in [0, 0.1) is 6.92 Å². The Labute approximate surface area is 132 Å². The Morgan fingerprint density at radius 3 is 2.91 bits per heavy atom. The van der Waals surface area contributed by atoms with E-state index in [-0.39, 0.29) is 11.9 Å². The molecule has 0 aliphatic heterocycles. The van der Waals surface area contributed by atoms with Gasteiger partial charge < -0.3 is 16.4 Å². The molecular formula is C14H19N5O2S. The van der Waals surface area contributed by atoms with Gasteiger partial charge in [-0.05, 0) is 30.9 Å². The van der Waals surface area contributed by atoms with Crippen LogP contribution >= 0.6 is 11.3 Å². The van der Waals surface area contributed by atoms with Crippen molar-refractivity contribution in [2.24, 2.45) is 5.73 Å². The van der Waals surface area contributed by atoms with Gasteiger partial charge in [0.05, 0.1) is 24.3 Å². The Morgan fingerprint density at radius 2 is 2.27 bits per heavy atom. The number of nitrogens with zero attached hydrogens (tertiary/aromatic N) is 2. The molecule has 2 aromatic rings. The molecular weight excluding hydrogens is 302 g/mol. The van der Waals surface area contributed by atoms with Crippen molar-refractivity contribution in [2.75, 3.05) is 11.9 Å². The normalized spacial score (nSPS) is 12.1. The molecule has 7 nitrogen and oxygen atoms in total. The van der Waals surface area contributed by atoms with E-state index >= 15 is 0 Å². The first kappa shape index (κ1) is 16.2. The van der Waals surface area contributed by atoms with Crippen molar-refractivity contribution in [3.8, 4) is 0 Å². The second-order valence-electron chi connectivity index (χ2n) is 4.97. The van der Waals surface area contributed by atoms with Crippen LogP contribution in [0.25, 0.3) is 0 Å². The minimum atomic E-state index is -0.550. The number of rotatable bonds is 7. The zero-order valence-corrected chi connectivity index (χ0v) is 13.3. The average Bonchev–Trinajstić information content (AvgIpc) is 3.07. The molecule has 0 unspecified atom stereocenters. The van der Waals surface area contributed by atoms with Crippen molar-refractivity contribution in [1.29, 1.82) is 0 Å². The van der Waals surface area contributed by atoms with Crippen LogP contribution in [0.2, 0.25) is 0 Å². The maximum atomic E-state index is 12.1. The van der Waals surface area contributed by atoms with Crippen LogP contribution in [0.4, 0.5) is 5.00 Å². The molecule has 0 bridgehead atoms. The molecule has 0 radical (unpaired) electrons. The van der Waals surface area contributed by atoms with Crippen LogP contribution in [0.5, 0.6) is 0 Å². The summed E-state index contributed by atoms with van der Waals surface area (Å²) in [5, 5.41) is 12.2. The third-order valence-electron chi connectivity index (χ3n) is 3.11. The fourth-order valence-electron chi connectivity index (χ4n) is 1.90. The number of carbonyl (C=O) groups excluding carboxylic acids is 2. The lowest BCUT2D eigenvalue weighted by molar-refractivity contribution is -0.117. The second-order valence-corrected chi connectivity index (χ2v) is 5.89. The third-order valence-corrected chi connectivity index (χ3v) is 3.94. The van der Waals surface area contributed by atoms with Crippen LogP contribution in [0.1, 0.15) is 22.8 Å². The van der Waals surface area contributed by atoms with Crippen molar-refractivity contribution < 1.29 is 9.59 Å². The molecule has 0 spiro atoms. The number of nitrogens with one attached hydrogen (secondary N) is 2. The molecule has 2 heterocycles. The summed E-state index contributed by atoms with van der Waals surface area (Å²) >= 11 is 1.27. The Morgan fingerprint density at radius 1 is 1.50 bits per heavy atom. The lowest BCUT2D eigenvalue weighted by Gasteiger charge is -2.13. The van der Waals surface area contributed by atoms with Crippen molar-refractivity contribution in [1.82, 2.24) is 15.1 Å². The molecule has 0 aliphatic rings. The number of aromatic nitrogens is 2. The monoisotopic (exact) mass is 321 g/mol. The van der Waals surface area contributed by atoms with E-state index in [0.717, 1.165) is 5.56 Å². The number of thiophene rings is 1. The molecule has 0 fully saturated rings. The predicted molar refractivity (Wildman–Crippen MR) is 85.9 cm³/mol. The van der Waals surface area contributed by atoms with Crippen LogP contribution in [-0.2, 0) is 11.3 Å². The van der Waals surface area contributed by atoms with Gasteiger partial charge in [0, 0.05) is 12.7 Å². The van der Waals surface area contributed by atoms with Crippen LogP contribution in [0.3, 0.4) is 0 Å². The first-order valence-electron chi connectivity index (χ1n) is 6.88. The number of anilines is 1. The maximum absolute atomic E-state index is 12.1. The summed E-state index contributed by atoms with van der Waals surface area (Å²) in [6.45, 7) is 5.03. The highest BCUT2D eigenvalue weighted by molar-refractivity contribution is 7.14. The molecule has 0 saturated heterocycles. The smallest absolute Gasteiger partial charge is 0.251 e. The van der Waals surface area contributed by atoms with Gasteiger partial charge in [0.1, 0.15) is 5.00 Å². The van der Waals surface area contributed by atoms with E-state index in [1.807, 2.05) is 17.8 Å². The topological polar surface area (TPSA) is 102 Å². The molecule has 2 rings (SSSR count). The number of primary amides is 1. The molecule has 22 heavy (non-hydrogen) atoms. The molecule has 4 N–H and O–H groups in total. The molecule has 8 heteroatoms. The first-order valence-corrected chi connectivity index (χ1v) is 7.76. The molecule has 0 saturated carbocycles. The van der Waals surface area contributed by atoms with Gasteiger partial charge in [-0.2, -0.15) is 5.10 Å². The summed E-state index contributed by atoms with van der Waals surface area (Å²) in [7, 11) is 0. The van der Waals surface area contributed by atoms with Gasteiger partial charge in [-0.1, -0.05) is 0 Å². The summed E-state index contributed by atoms with van der Waals surface area (Å²) in [5.41, 5.74) is 6.68. The summed E-state index contributed by atoms with van der Waals surface area (Å²) in [4.78, 5) is 23.3. The van der Waals surface area contributed by atoms with E-state index in [1.54, 1.807) is 24.6 Å². The molecule has 2 amide bonds. The van der Waals surface area contributed by atoms with Crippen LogP contribution < -0.4 is 16.4 Å². The highest BCUT2D eigenvalue weighted by Crippen LogP contribution is 2.22. The lowest BCUT2D eigenvalue weighted by atomic mass is 10.2. The summed E-state index contributed by atoms with van der Waals surface area (Å²) in [6, 6.07) is 1.21. The molecule has 2 aromatic heterocycles. The van der Waals surface area contributed by atoms with Gasteiger partial charge in [0.15, 0.2) is 0 Å². The number of hydrogen-bond acceptors (Lipinski definition) is 5. The van der Waals surface area contributed by atoms with E-state index < -0.39 is 5.91 Å². The lowest BCUT2D eigenvalue weighted by Crippen LogP contribution is -2.39. The number of carbonyl (C=O) groups is 2. The van der Waals surface area contributed by atoms with Gasteiger partial charge >= 0.3 is 0 Å². The largest absolute Gasteiger partial charge is 0.366 e. The number of hydrogen-bond donors (Lipinski definition) is 3. The minimum absolute atomic E-state index is 0.207. The number of aryl methyl sites for hydroxylation is 1. The quantitative estimate of drug-likeness (QED) is 0.707. The highest BCUT2D eigenvalue weighted by Gasteiger charge is 2.16. The van der Waals surface area contributed by atoms with Crippen LogP contribution in [-0.4, -0.2) is 34.2 Å². The Bertz CT molecular complexity index is 664. The van der Waals surface area contributed by atoms with Gasteiger partial charge in [-0.15, -0.1) is 11.3 Å². The Balaban J connectivity index is 1.81. The van der Waals surface area contributed by atoms with E-state index in [4.69, 9.17) is 5.73 Å². The maximum Gasteiger partial charge on any atom is 0.251 e. The van der Waals surface area contributed by atoms with Crippen LogP contribution in [0.15, 0.2) is 23.8 Å². The van der Waals surface area contributed by atoms with Gasteiger partial charge in [-0.3, -0.25) is 14.3 Å². The summed E-state index contributed by atoms with van der Waals surface area (Å²) < 4.78 is 1.82. The van der Waals surface area contributed by atoms with E-state index in [0.29, 0.717) is 23.7 Å². The van der Waals surface area contributed by atoms with Crippen molar-refractivity contribution in [2.45, 2.75) is 26.4 Å². The number of amides is 2. The standard InChI is InChI=1S/C14H19N5O2S/c1-9-7-17-19(8-9)5-4-16-10(2)13(21)18-14-11(12(15)20)3-6-22-14/h3,6-8,10,16H,4-5H2,1-2H3,(H2,15,20)(H,18,21)/t10-/m1/s1. The van der Waals surface area contributed by atoms with E-state index in [2.05, 4.69) is 15.7 Å². The minimum Gasteiger partial charge on any atom is -0.366 e.